The highest BCUT2D eigenvalue weighted by Gasteiger charge is 2.14. The first-order valence-electron chi connectivity index (χ1n) is 6.65. The fraction of sp³-hybridized carbons (Fsp3) is 0.294. The van der Waals surface area contributed by atoms with Crippen molar-refractivity contribution in [3.05, 3.63) is 69.7 Å². The van der Waals surface area contributed by atoms with Crippen molar-refractivity contribution in [3.63, 3.8) is 0 Å². The predicted molar refractivity (Wildman–Crippen MR) is 85.3 cm³/mol. The van der Waals surface area contributed by atoms with Gasteiger partial charge in [0.05, 0.1) is 0 Å². The van der Waals surface area contributed by atoms with E-state index in [1.165, 1.54) is 16.7 Å². The maximum Gasteiger partial charge on any atom is 0.0308 e. The van der Waals surface area contributed by atoms with Crippen LogP contribution in [0.5, 0.6) is 0 Å². The second-order valence-corrected chi connectivity index (χ2v) is 5.84. The van der Waals surface area contributed by atoms with E-state index in [-0.39, 0.29) is 0 Å². The molecule has 0 aliphatic heterocycles. The molecule has 2 heteroatoms. The summed E-state index contributed by atoms with van der Waals surface area (Å²) in [6, 6.07) is 17.6. The summed E-state index contributed by atoms with van der Waals surface area (Å²) in [5.74, 6) is 0. The normalized spacial score (nSPS) is 14.1. The van der Waals surface area contributed by atoms with E-state index in [0.717, 1.165) is 4.47 Å². The quantitative estimate of drug-likeness (QED) is 0.820. The van der Waals surface area contributed by atoms with E-state index < -0.39 is 0 Å². The lowest BCUT2D eigenvalue weighted by atomic mass is 10.0. The van der Waals surface area contributed by atoms with E-state index in [9.17, 15) is 0 Å². The SMILES string of the molecule is Cc1ccccc1[C@@H](C)NC(C)c1ccccc1Br. The van der Waals surface area contributed by atoms with Crippen molar-refractivity contribution in [1.29, 1.82) is 0 Å². The minimum Gasteiger partial charge on any atom is -0.304 e. The van der Waals surface area contributed by atoms with Gasteiger partial charge in [0.25, 0.3) is 0 Å². The molecule has 2 atom stereocenters. The fourth-order valence-electron chi connectivity index (χ4n) is 2.45. The highest BCUT2D eigenvalue weighted by atomic mass is 79.9. The molecule has 0 fully saturated rings. The molecule has 2 aromatic carbocycles. The monoisotopic (exact) mass is 317 g/mol. The Labute approximate surface area is 124 Å². The molecule has 0 radical (unpaired) electrons. The third-order valence-corrected chi connectivity index (χ3v) is 4.25. The summed E-state index contributed by atoms with van der Waals surface area (Å²) >= 11 is 3.62. The van der Waals surface area contributed by atoms with Gasteiger partial charge in [-0.2, -0.15) is 0 Å². The lowest BCUT2D eigenvalue weighted by molar-refractivity contribution is 0.492. The van der Waals surface area contributed by atoms with E-state index in [2.05, 4.69) is 84.5 Å². The van der Waals surface area contributed by atoms with E-state index in [4.69, 9.17) is 0 Å². The van der Waals surface area contributed by atoms with Gasteiger partial charge in [0, 0.05) is 16.6 Å². The average Bonchev–Trinajstić information content (AvgIpc) is 2.39. The number of rotatable bonds is 4. The summed E-state index contributed by atoms with van der Waals surface area (Å²) < 4.78 is 1.16. The van der Waals surface area contributed by atoms with Crippen molar-refractivity contribution in [2.24, 2.45) is 0 Å². The molecule has 2 rings (SSSR count). The van der Waals surface area contributed by atoms with Crippen molar-refractivity contribution < 1.29 is 0 Å². The Bertz CT molecular complexity index is 501. The molecular formula is C17H20BrN. The Morgan fingerprint density at radius 2 is 1.37 bits per heavy atom. The molecule has 2 aromatic rings. The van der Waals surface area contributed by atoms with Gasteiger partial charge >= 0.3 is 0 Å². The summed E-state index contributed by atoms with van der Waals surface area (Å²) in [4.78, 5) is 0. The highest BCUT2D eigenvalue weighted by Crippen LogP contribution is 2.26. The van der Waals surface area contributed by atoms with Crippen LogP contribution in [0.15, 0.2) is 53.0 Å². The molecule has 0 saturated heterocycles. The van der Waals surface area contributed by atoms with E-state index in [0.29, 0.717) is 12.1 Å². The van der Waals surface area contributed by atoms with Gasteiger partial charge in [0.2, 0.25) is 0 Å². The van der Waals surface area contributed by atoms with Crippen LogP contribution in [0.2, 0.25) is 0 Å². The molecule has 0 aliphatic rings. The fourth-order valence-corrected chi connectivity index (χ4v) is 3.08. The second-order valence-electron chi connectivity index (χ2n) is 4.99. The van der Waals surface area contributed by atoms with Gasteiger partial charge in [-0.25, -0.2) is 0 Å². The van der Waals surface area contributed by atoms with Gasteiger partial charge in [-0.05, 0) is 43.5 Å². The molecule has 100 valence electrons. The molecule has 0 amide bonds. The molecular weight excluding hydrogens is 298 g/mol. The van der Waals surface area contributed by atoms with Crippen molar-refractivity contribution in [1.82, 2.24) is 5.32 Å². The smallest absolute Gasteiger partial charge is 0.0308 e. The van der Waals surface area contributed by atoms with Gasteiger partial charge in [-0.1, -0.05) is 58.4 Å². The molecule has 0 aliphatic carbocycles. The minimum absolute atomic E-state index is 0.310. The van der Waals surface area contributed by atoms with Gasteiger partial charge < -0.3 is 5.32 Å². The minimum atomic E-state index is 0.310. The highest BCUT2D eigenvalue weighted by molar-refractivity contribution is 9.10. The van der Waals surface area contributed by atoms with Crippen LogP contribution in [0.4, 0.5) is 0 Å². The largest absolute Gasteiger partial charge is 0.304 e. The standard InChI is InChI=1S/C17H20BrN/c1-12-8-4-5-9-15(12)13(2)19-14(3)16-10-6-7-11-17(16)18/h4-11,13-14,19H,1-3H3/t13-,14?/m1/s1. The molecule has 0 aromatic heterocycles. The topological polar surface area (TPSA) is 12.0 Å². The Kier molecular flexibility index (Phi) is 4.78. The van der Waals surface area contributed by atoms with Gasteiger partial charge in [-0.3, -0.25) is 0 Å². The summed E-state index contributed by atoms with van der Waals surface area (Å²) in [6.07, 6.45) is 0. The Morgan fingerprint density at radius 3 is 2.00 bits per heavy atom. The predicted octanol–water partition coefficient (Wildman–Crippen LogP) is 5.17. The van der Waals surface area contributed by atoms with Gasteiger partial charge in [0.15, 0.2) is 0 Å². The van der Waals surface area contributed by atoms with Gasteiger partial charge in [0.1, 0.15) is 0 Å². The number of halogens is 1. The van der Waals surface area contributed by atoms with Crippen molar-refractivity contribution in [3.8, 4) is 0 Å². The van der Waals surface area contributed by atoms with Crippen molar-refractivity contribution in [2.75, 3.05) is 0 Å². The van der Waals surface area contributed by atoms with Crippen LogP contribution in [0.1, 0.15) is 42.6 Å². The zero-order chi connectivity index (χ0) is 13.8. The summed E-state index contributed by atoms with van der Waals surface area (Å²) in [5, 5.41) is 3.66. The Balaban J connectivity index is 2.13. The van der Waals surface area contributed by atoms with Crippen LogP contribution in [0.3, 0.4) is 0 Å². The third-order valence-electron chi connectivity index (χ3n) is 3.53. The number of benzene rings is 2. The first-order valence-corrected chi connectivity index (χ1v) is 7.45. The van der Waals surface area contributed by atoms with Crippen LogP contribution >= 0.6 is 15.9 Å². The lowest BCUT2D eigenvalue weighted by Gasteiger charge is -2.23. The third kappa shape index (κ3) is 3.46. The van der Waals surface area contributed by atoms with Crippen LogP contribution in [-0.4, -0.2) is 0 Å². The molecule has 0 bridgehead atoms. The number of hydrogen-bond acceptors (Lipinski definition) is 1. The van der Waals surface area contributed by atoms with Crippen LogP contribution < -0.4 is 5.32 Å². The van der Waals surface area contributed by atoms with Crippen LogP contribution in [0.25, 0.3) is 0 Å². The van der Waals surface area contributed by atoms with E-state index in [1.807, 2.05) is 6.07 Å². The van der Waals surface area contributed by atoms with E-state index in [1.54, 1.807) is 0 Å². The molecule has 19 heavy (non-hydrogen) atoms. The maximum atomic E-state index is 3.66. The summed E-state index contributed by atoms with van der Waals surface area (Å²) in [5.41, 5.74) is 3.99. The number of nitrogens with one attached hydrogen (secondary N) is 1. The Hall–Kier alpha value is -1.12. The molecule has 0 saturated carbocycles. The molecule has 1 N–H and O–H groups in total. The van der Waals surface area contributed by atoms with Crippen LogP contribution in [0, 0.1) is 6.92 Å². The number of hydrogen-bond donors (Lipinski definition) is 1. The molecule has 0 spiro atoms. The maximum absolute atomic E-state index is 3.66. The summed E-state index contributed by atoms with van der Waals surface area (Å²) in [7, 11) is 0. The van der Waals surface area contributed by atoms with Gasteiger partial charge in [-0.15, -0.1) is 0 Å². The second kappa shape index (κ2) is 6.36. The molecule has 0 heterocycles. The first kappa shape index (κ1) is 14.3. The average molecular weight is 318 g/mol. The van der Waals surface area contributed by atoms with E-state index >= 15 is 0 Å². The zero-order valence-electron chi connectivity index (χ0n) is 11.7. The van der Waals surface area contributed by atoms with Crippen molar-refractivity contribution >= 4 is 15.9 Å². The lowest BCUT2D eigenvalue weighted by Crippen LogP contribution is -2.23. The zero-order valence-corrected chi connectivity index (χ0v) is 13.2. The van der Waals surface area contributed by atoms with Crippen molar-refractivity contribution in [2.45, 2.75) is 32.9 Å². The van der Waals surface area contributed by atoms with Crippen LogP contribution in [-0.2, 0) is 0 Å². The summed E-state index contributed by atoms with van der Waals surface area (Å²) in [6.45, 7) is 6.58. The number of aryl methyl sites for hydroxylation is 1. The molecule has 1 nitrogen and oxygen atoms in total. The Morgan fingerprint density at radius 1 is 0.842 bits per heavy atom. The first-order chi connectivity index (χ1) is 9.09. The molecule has 1 unspecified atom stereocenters.